The molecule has 2 unspecified atom stereocenters. The van der Waals surface area contributed by atoms with Crippen molar-refractivity contribution in [2.24, 2.45) is 5.92 Å². The van der Waals surface area contributed by atoms with E-state index in [4.69, 9.17) is 0 Å². The van der Waals surface area contributed by atoms with Crippen molar-refractivity contribution in [2.75, 3.05) is 26.7 Å². The SMILES string of the molecule is CCCCN(C)CC(NCCC)C(C)CC. The first kappa shape index (κ1) is 15.9. The van der Waals surface area contributed by atoms with Gasteiger partial charge in [-0.15, -0.1) is 0 Å². The molecule has 0 aromatic rings. The van der Waals surface area contributed by atoms with Gasteiger partial charge in [-0.3, -0.25) is 0 Å². The molecule has 0 radical (unpaired) electrons. The van der Waals surface area contributed by atoms with Gasteiger partial charge in [0, 0.05) is 12.6 Å². The van der Waals surface area contributed by atoms with E-state index in [0.717, 1.165) is 12.5 Å². The van der Waals surface area contributed by atoms with Crippen LogP contribution in [0.4, 0.5) is 0 Å². The number of nitrogens with zero attached hydrogens (tertiary/aromatic N) is 1. The zero-order chi connectivity index (χ0) is 12.4. The Morgan fingerprint density at radius 1 is 1.12 bits per heavy atom. The quantitative estimate of drug-likeness (QED) is 0.618. The van der Waals surface area contributed by atoms with Gasteiger partial charge in [0.05, 0.1) is 0 Å². The van der Waals surface area contributed by atoms with E-state index in [1.54, 1.807) is 0 Å². The van der Waals surface area contributed by atoms with Gasteiger partial charge < -0.3 is 10.2 Å². The van der Waals surface area contributed by atoms with Crippen LogP contribution in [-0.2, 0) is 0 Å². The van der Waals surface area contributed by atoms with E-state index in [1.807, 2.05) is 0 Å². The van der Waals surface area contributed by atoms with Gasteiger partial charge in [-0.05, 0) is 38.9 Å². The van der Waals surface area contributed by atoms with Crippen molar-refractivity contribution in [1.82, 2.24) is 10.2 Å². The van der Waals surface area contributed by atoms with Crippen LogP contribution in [0, 0.1) is 5.92 Å². The Kier molecular flexibility index (Phi) is 10.0. The van der Waals surface area contributed by atoms with Crippen LogP contribution in [0.15, 0.2) is 0 Å². The molecule has 0 aliphatic rings. The zero-order valence-corrected chi connectivity index (χ0v) is 12.1. The Hall–Kier alpha value is -0.0800. The normalized spacial score (nSPS) is 15.4. The topological polar surface area (TPSA) is 15.3 Å². The van der Waals surface area contributed by atoms with Crippen molar-refractivity contribution in [3.05, 3.63) is 0 Å². The molecule has 1 N–H and O–H groups in total. The fraction of sp³-hybridized carbons (Fsp3) is 1.00. The summed E-state index contributed by atoms with van der Waals surface area (Å²) in [5.74, 6) is 0.774. The van der Waals surface area contributed by atoms with E-state index in [9.17, 15) is 0 Å². The summed E-state index contributed by atoms with van der Waals surface area (Å²) in [6.07, 6.45) is 5.10. The summed E-state index contributed by atoms with van der Waals surface area (Å²) in [5, 5.41) is 3.69. The minimum atomic E-state index is 0.659. The van der Waals surface area contributed by atoms with Gasteiger partial charge in [-0.2, -0.15) is 0 Å². The van der Waals surface area contributed by atoms with Crippen LogP contribution < -0.4 is 5.32 Å². The second kappa shape index (κ2) is 10.1. The minimum absolute atomic E-state index is 0.659. The number of unbranched alkanes of at least 4 members (excludes halogenated alkanes) is 1. The van der Waals surface area contributed by atoms with Crippen molar-refractivity contribution in [2.45, 2.75) is 59.4 Å². The average Bonchev–Trinajstić information content (AvgIpc) is 2.30. The molecule has 98 valence electrons. The predicted octanol–water partition coefficient (Wildman–Crippen LogP) is 3.13. The summed E-state index contributed by atoms with van der Waals surface area (Å²) in [7, 11) is 2.25. The smallest absolute Gasteiger partial charge is 0.0220 e. The summed E-state index contributed by atoms with van der Waals surface area (Å²) in [6.45, 7) is 12.7. The van der Waals surface area contributed by atoms with E-state index in [2.05, 4.69) is 45.0 Å². The molecule has 0 rings (SSSR count). The number of rotatable bonds is 10. The van der Waals surface area contributed by atoms with E-state index < -0.39 is 0 Å². The Morgan fingerprint density at radius 3 is 2.31 bits per heavy atom. The van der Waals surface area contributed by atoms with Crippen LogP contribution >= 0.6 is 0 Å². The van der Waals surface area contributed by atoms with Crippen LogP contribution in [0.5, 0.6) is 0 Å². The second-order valence-electron chi connectivity index (χ2n) is 5.06. The molecule has 0 saturated carbocycles. The first-order chi connectivity index (χ1) is 7.65. The van der Waals surface area contributed by atoms with Gasteiger partial charge in [0.1, 0.15) is 0 Å². The van der Waals surface area contributed by atoms with Gasteiger partial charge in [0.2, 0.25) is 0 Å². The molecule has 0 saturated heterocycles. The van der Waals surface area contributed by atoms with Crippen molar-refractivity contribution in [3.8, 4) is 0 Å². The standard InChI is InChI=1S/C14H32N2/c1-6-9-11-16(5)12-14(13(4)8-3)15-10-7-2/h13-15H,6-12H2,1-5H3. The van der Waals surface area contributed by atoms with Gasteiger partial charge in [0.15, 0.2) is 0 Å². The highest BCUT2D eigenvalue weighted by molar-refractivity contribution is 4.75. The number of hydrogen-bond donors (Lipinski definition) is 1. The first-order valence-electron chi connectivity index (χ1n) is 7.07. The third-order valence-electron chi connectivity index (χ3n) is 3.39. The molecule has 2 atom stereocenters. The van der Waals surface area contributed by atoms with Gasteiger partial charge >= 0.3 is 0 Å². The maximum absolute atomic E-state index is 3.69. The molecular weight excluding hydrogens is 196 g/mol. The largest absolute Gasteiger partial charge is 0.312 e. The van der Waals surface area contributed by atoms with E-state index in [1.165, 1.54) is 38.8 Å². The molecule has 0 fully saturated rings. The lowest BCUT2D eigenvalue weighted by atomic mass is 9.98. The molecule has 0 aromatic heterocycles. The summed E-state index contributed by atoms with van der Waals surface area (Å²) in [4.78, 5) is 2.48. The molecule has 2 heteroatoms. The van der Waals surface area contributed by atoms with Crippen LogP contribution in [0.1, 0.15) is 53.4 Å². The molecular formula is C14H32N2. The monoisotopic (exact) mass is 228 g/mol. The van der Waals surface area contributed by atoms with E-state index >= 15 is 0 Å². The highest BCUT2D eigenvalue weighted by Gasteiger charge is 2.16. The highest BCUT2D eigenvalue weighted by Crippen LogP contribution is 2.09. The highest BCUT2D eigenvalue weighted by atomic mass is 15.1. The van der Waals surface area contributed by atoms with Crippen molar-refractivity contribution >= 4 is 0 Å². The zero-order valence-electron chi connectivity index (χ0n) is 12.1. The Morgan fingerprint density at radius 2 is 1.81 bits per heavy atom. The average molecular weight is 228 g/mol. The minimum Gasteiger partial charge on any atom is -0.312 e. The summed E-state index contributed by atoms with van der Waals surface area (Å²) in [6, 6.07) is 0.659. The second-order valence-corrected chi connectivity index (χ2v) is 5.06. The maximum atomic E-state index is 3.69. The van der Waals surface area contributed by atoms with Gasteiger partial charge in [-0.25, -0.2) is 0 Å². The molecule has 0 bridgehead atoms. The fourth-order valence-electron chi connectivity index (χ4n) is 1.92. The predicted molar refractivity (Wildman–Crippen MR) is 73.9 cm³/mol. The third-order valence-corrected chi connectivity index (χ3v) is 3.39. The molecule has 0 aromatic carbocycles. The maximum Gasteiger partial charge on any atom is 0.0220 e. The molecule has 0 heterocycles. The Balaban J connectivity index is 3.97. The van der Waals surface area contributed by atoms with Crippen LogP contribution in [0.2, 0.25) is 0 Å². The van der Waals surface area contributed by atoms with Gasteiger partial charge in [-0.1, -0.05) is 40.5 Å². The lowest BCUT2D eigenvalue weighted by molar-refractivity contribution is 0.242. The van der Waals surface area contributed by atoms with Crippen LogP contribution in [-0.4, -0.2) is 37.6 Å². The Bertz CT molecular complexity index is 148. The van der Waals surface area contributed by atoms with Crippen molar-refractivity contribution in [3.63, 3.8) is 0 Å². The molecule has 0 aliphatic heterocycles. The number of likely N-dealkylation sites (N-methyl/N-ethyl adjacent to an activating group) is 1. The van der Waals surface area contributed by atoms with Crippen molar-refractivity contribution < 1.29 is 0 Å². The molecule has 0 aliphatic carbocycles. The fourth-order valence-corrected chi connectivity index (χ4v) is 1.92. The molecule has 0 spiro atoms. The molecule has 0 amide bonds. The summed E-state index contributed by atoms with van der Waals surface area (Å²) < 4.78 is 0. The Labute approximate surface area is 103 Å². The number of hydrogen-bond acceptors (Lipinski definition) is 2. The lowest BCUT2D eigenvalue weighted by Gasteiger charge is -2.29. The summed E-state index contributed by atoms with van der Waals surface area (Å²) in [5.41, 5.74) is 0. The van der Waals surface area contributed by atoms with E-state index in [-0.39, 0.29) is 0 Å². The lowest BCUT2D eigenvalue weighted by Crippen LogP contribution is -2.44. The summed E-state index contributed by atoms with van der Waals surface area (Å²) >= 11 is 0. The first-order valence-corrected chi connectivity index (χ1v) is 7.07. The van der Waals surface area contributed by atoms with Crippen LogP contribution in [0.25, 0.3) is 0 Å². The van der Waals surface area contributed by atoms with E-state index in [0.29, 0.717) is 6.04 Å². The van der Waals surface area contributed by atoms with Crippen LogP contribution in [0.3, 0.4) is 0 Å². The third kappa shape index (κ3) is 7.24. The number of nitrogens with one attached hydrogen (secondary N) is 1. The molecule has 16 heavy (non-hydrogen) atoms. The van der Waals surface area contributed by atoms with Gasteiger partial charge in [0.25, 0.3) is 0 Å². The molecule has 2 nitrogen and oxygen atoms in total. The van der Waals surface area contributed by atoms with Crippen molar-refractivity contribution in [1.29, 1.82) is 0 Å².